The molecule has 0 saturated heterocycles. The third kappa shape index (κ3) is 3.64. The first-order valence-electron chi connectivity index (χ1n) is 8.14. The van der Waals surface area contributed by atoms with Crippen LogP contribution in [0.5, 0.6) is 0 Å². The number of nitrogens with zero attached hydrogens (tertiary/aromatic N) is 3. The molecule has 3 rings (SSSR count). The maximum absolute atomic E-state index is 12.0. The molecule has 24 heavy (non-hydrogen) atoms. The Hall–Kier alpha value is -1.80. The third-order valence-electron chi connectivity index (χ3n) is 4.19. The number of anilines is 1. The van der Waals surface area contributed by atoms with Gasteiger partial charge in [-0.05, 0) is 12.8 Å². The normalized spacial score (nSPS) is 17.2. The summed E-state index contributed by atoms with van der Waals surface area (Å²) in [4.78, 5) is 20.8. The smallest absolute Gasteiger partial charge is 0.232 e. The highest BCUT2D eigenvalue weighted by Crippen LogP contribution is 2.34. The predicted octanol–water partition coefficient (Wildman–Crippen LogP) is 2.83. The van der Waals surface area contributed by atoms with Crippen molar-refractivity contribution in [3.05, 3.63) is 22.8 Å². The molecule has 1 aliphatic carbocycles. The molecule has 0 spiro atoms. The first-order chi connectivity index (χ1) is 11.3. The highest BCUT2D eigenvalue weighted by Gasteiger charge is 2.36. The molecule has 1 amide bonds. The van der Waals surface area contributed by atoms with Crippen molar-refractivity contribution < 1.29 is 9.32 Å². The van der Waals surface area contributed by atoms with Crippen LogP contribution in [0.2, 0.25) is 0 Å². The maximum Gasteiger partial charge on any atom is 0.232 e. The number of hydrogen-bond acceptors (Lipinski definition) is 7. The molecular formula is C16H23N5O2S. The van der Waals surface area contributed by atoms with E-state index in [2.05, 4.69) is 20.4 Å². The van der Waals surface area contributed by atoms with E-state index in [1.807, 2.05) is 26.2 Å². The lowest BCUT2D eigenvalue weighted by Crippen LogP contribution is -2.34. The molecule has 0 aromatic carbocycles. The van der Waals surface area contributed by atoms with Crippen LogP contribution in [0.4, 0.5) is 5.13 Å². The van der Waals surface area contributed by atoms with Crippen molar-refractivity contribution in [1.82, 2.24) is 15.1 Å². The van der Waals surface area contributed by atoms with Gasteiger partial charge >= 0.3 is 0 Å². The third-order valence-corrected chi connectivity index (χ3v) is 5.00. The fourth-order valence-electron chi connectivity index (χ4n) is 2.64. The minimum atomic E-state index is -0.454. The summed E-state index contributed by atoms with van der Waals surface area (Å²) in [6.07, 6.45) is 4.43. The van der Waals surface area contributed by atoms with Crippen molar-refractivity contribution in [2.24, 2.45) is 11.1 Å². The van der Waals surface area contributed by atoms with E-state index in [-0.39, 0.29) is 5.91 Å². The van der Waals surface area contributed by atoms with E-state index >= 15 is 0 Å². The number of thiazole rings is 1. The minimum Gasteiger partial charge on any atom is -0.339 e. The zero-order chi connectivity index (χ0) is 17.4. The molecule has 0 unspecified atom stereocenters. The van der Waals surface area contributed by atoms with E-state index in [9.17, 15) is 4.79 Å². The Morgan fingerprint density at radius 3 is 2.75 bits per heavy atom. The van der Waals surface area contributed by atoms with E-state index in [0.717, 1.165) is 31.4 Å². The van der Waals surface area contributed by atoms with Gasteiger partial charge in [-0.3, -0.25) is 4.79 Å². The average Bonchev–Trinajstić information content (AvgIpc) is 3.21. The topological polar surface area (TPSA) is 107 Å². The highest BCUT2D eigenvalue weighted by molar-refractivity contribution is 7.13. The number of carbonyl (C=O) groups is 1. The molecule has 1 saturated carbocycles. The predicted molar refractivity (Wildman–Crippen MR) is 91.6 cm³/mol. The van der Waals surface area contributed by atoms with Gasteiger partial charge in [0.25, 0.3) is 0 Å². The summed E-state index contributed by atoms with van der Waals surface area (Å²) in [6, 6.07) is 0. The van der Waals surface area contributed by atoms with Crippen molar-refractivity contribution in [2.75, 3.05) is 5.32 Å². The molecule has 0 bridgehead atoms. The number of hydrogen-bond donors (Lipinski definition) is 2. The van der Waals surface area contributed by atoms with Gasteiger partial charge in [0.05, 0.1) is 17.7 Å². The first-order valence-corrected chi connectivity index (χ1v) is 9.02. The number of nitrogens with one attached hydrogen (secondary N) is 1. The van der Waals surface area contributed by atoms with Crippen LogP contribution < -0.4 is 11.1 Å². The molecule has 0 radical (unpaired) electrons. The second-order valence-corrected chi connectivity index (χ2v) is 8.26. The van der Waals surface area contributed by atoms with Crippen LogP contribution in [-0.4, -0.2) is 21.0 Å². The molecule has 0 atom stereocenters. The van der Waals surface area contributed by atoms with Crippen molar-refractivity contribution in [3.63, 3.8) is 0 Å². The Bertz CT molecular complexity index is 725. The summed E-state index contributed by atoms with van der Waals surface area (Å²) in [7, 11) is 0. The summed E-state index contributed by atoms with van der Waals surface area (Å²) in [6.45, 7) is 5.59. The number of rotatable bonds is 4. The Kier molecular flexibility index (Phi) is 4.44. The van der Waals surface area contributed by atoms with E-state index in [4.69, 9.17) is 10.3 Å². The van der Waals surface area contributed by atoms with Gasteiger partial charge in [-0.1, -0.05) is 38.8 Å². The fourth-order valence-corrected chi connectivity index (χ4v) is 3.35. The Morgan fingerprint density at radius 2 is 2.08 bits per heavy atom. The highest BCUT2D eigenvalue weighted by atomic mass is 32.1. The van der Waals surface area contributed by atoms with Crippen molar-refractivity contribution in [2.45, 2.75) is 58.4 Å². The fraction of sp³-hybridized carbons (Fsp3) is 0.625. The van der Waals surface area contributed by atoms with Crippen LogP contribution in [0.25, 0.3) is 0 Å². The average molecular weight is 349 g/mol. The zero-order valence-electron chi connectivity index (χ0n) is 14.3. The monoisotopic (exact) mass is 349 g/mol. The number of carbonyl (C=O) groups excluding carboxylic acids is 1. The molecule has 2 heterocycles. The Morgan fingerprint density at radius 1 is 1.38 bits per heavy atom. The standard InChI is InChI=1S/C16H23N5O2S/c1-15(2,3)13(22)20-14-18-10(9-24-14)8-11-19-12(21-23-11)16(17)6-4-5-7-16/h9H,4-8,17H2,1-3H3,(H,18,20,22). The number of nitrogens with two attached hydrogens (primary N) is 1. The molecular weight excluding hydrogens is 326 g/mol. The lowest BCUT2D eigenvalue weighted by molar-refractivity contribution is -0.123. The van der Waals surface area contributed by atoms with Crippen LogP contribution in [0.15, 0.2) is 9.90 Å². The zero-order valence-corrected chi connectivity index (χ0v) is 15.1. The Labute approximate surface area is 145 Å². The first kappa shape index (κ1) is 17.0. The molecule has 1 aliphatic rings. The van der Waals surface area contributed by atoms with Gasteiger partial charge in [0.2, 0.25) is 11.8 Å². The van der Waals surface area contributed by atoms with Gasteiger partial charge in [0.15, 0.2) is 11.0 Å². The summed E-state index contributed by atoms with van der Waals surface area (Å²) >= 11 is 1.39. The molecule has 1 fully saturated rings. The van der Waals surface area contributed by atoms with Crippen LogP contribution in [0, 0.1) is 5.41 Å². The summed E-state index contributed by atoms with van der Waals surface area (Å²) in [5, 5.41) is 9.34. The molecule has 130 valence electrons. The van der Waals surface area contributed by atoms with Crippen LogP contribution in [0.1, 0.15) is 63.9 Å². The van der Waals surface area contributed by atoms with E-state index in [1.54, 1.807) is 0 Å². The van der Waals surface area contributed by atoms with Crippen LogP contribution in [0.3, 0.4) is 0 Å². The molecule has 0 aliphatic heterocycles. The SMILES string of the molecule is CC(C)(C)C(=O)Nc1nc(Cc2nc(C3(N)CCCC3)no2)cs1. The largest absolute Gasteiger partial charge is 0.339 e. The van der Waals surface area contributed by atoms with Crippen molar-refractivity contribution in [3.8, 4) is 0 Å². The molecule has 7 nitrogen and oxygen atoms in total. The maximum atomic E-state index is 12.0. The van der Waals surface area contributed by atoms with Crippen LogP contribution in [-0.2, 0) is 16.8 Å². The van der Waals surface area contributed by atoms with Gasteiger partial charge in [-0.2, -0.15) is 4.98 Å². The lowest BCUT2D eigenvalue weighted by Gasteiger charge is -2.17. The van der Waals surface area contributed by atoms with Gasteiger partial charge in [0, 0.05) is 10.8 Å². The quantitative estimate of drug-likeness (QED) is 0.879. The molecule has 2 aromatic rings. The van der Waals surface area contributed by atoms with Gasteiger partial charge in [-0.15, -0.1) is 11.3 Å². The van der Waals surface area contributed by atoms with Gasteiger partial charge in [-0.25, -0.2) is 4.98 Å². The lowest BCUT2D eigenvalue weighted by atomic mass is 9.96. The molecule has 2 aromatic heterocycles. The second kappa shape index (κ2) is 6.25. The second-order valence-electron chi connectivity index (χ2n) is 7.40. The van der Waals surface area contributed by atoms with E-state index < -0.39 is 11.0 Å². The van der Waals surface area contributed by atoms with Crippen molar-refractivity contribution in [1.29, 1.82) is 0 Å². The van der Waals surface area contributed by atoms with Crippen molar-refractivity contribution >= 4 is 22.4 Å². The van der Waals surface area contributed by atoms with Crippen LogP contribution >= 0.6 is 11.3 Å². The molecule has 3 N–H and O–H groups in total. The van der Waals surface area contributed by atoms with Gasteiger partial charge in [0.1, 0.15) is 0 Å². The summed E-state index contributed by atoms with van der Waals surface area (Å²) in [5.41, 5.74) is 6.23. The minimum absolute atomic E-state index is 0.0604. The van der Waals surface area contributed by atoms with E-state index in [0.29, 0.717) is 23.3 Å². The number of aromatic nitrogens is 3. The van der Waals surface area contributed by atoms with E-state index in [1.165, 1.54) is 11.3 Å². The molecule has 8 heteroatoms. The summed E-state index contributed by atoms with van der Waals surface area (Å²) in [5.74, 6) is 1.03. The Balaban J connectivity index is 1.65. The number of amides is 1. The van der Waals surface area contributed by atoms with Gasteiger partial charge < -0.3 is 15.6 Å². The summed E-state index contributed by atoms with van der Waals surface area (Å²) < 4.78 is 5.33.